The van der Waals surface area contributed by atoms with E-state index in [1.54, 1.807) is 153 Å². The van der Waals surface area contributed by atoms with Crippen LogP contribution in [0.5, 0.6) is 46.0 Å². The second kappa shape index (κ2) is 42.1. The quantitative estimate of drug-likeness (QED) is 0.0417. The van der Waals surface area contributed by atoms with Gasteiger partial charge in [0, 0.05) is 174 Å². The minimum absolute atomic E-state index is 0.0243. The van der Waals surface area contributed by atoms with Crippen LogP contribution in [0.3, 0.4) is 0 Å². The maximum atomic E-state index is 14.0. The number of anilines is 3. The van der Waals surface area contributed by atoms with E-state index in [4.69, 9.17) is 129 Å². The van der Waals surface area contributed by atoms with Gasteiger partial charge in [0.05, 0.1) is 42.0 Å². The molecule has 3 unspecified atom stereocenters. The fraction of sp³-hybridized carbons (Fsp3) is 0.326. The molecule has 3 atom stereocenters. The molecule has 666 valence electrons. The Hall–Kier alpha value is -11.6. The number of carbonyl (C=O) groups excluding carboxylic acids is 5. The largest absolute Gasteiger partial charge is 0.506 e. The maximum absolute atomic E-state index is 14.0. The van der Waals surface area contributed by atoms with Crippen molar-refractivity contribution in [2.24, 2.45) is 0 Å². The van der Waals surface area contributed by atoms with Gasteiger partial charge < -0.3 is 94.8 Å². The molecule has 0 saturated carbocycles. The van der Waals surface area contributed by atoms with Gasteiger partial charge in [0.25, 0.3) is 17.7 Å². The van der Waals surface area contributed by atoms with Gasteiger partial charge in [0.2, 0.25) is 0 Å². The van der Waals surface area contributed by atoms with Crippen LogP contribution >= 0.6 is 69.6 Å². The summed E-state index contributed by atoms with van der Waals surface area (Å²) in [6, 6.07) is 39.4. The van der Waals surface area contributed by atoms with Crippen molar-refractivity contribution in [1.82, 2.24) is 44.8 Å². The highest BCUT2D eigenvalue weighted by atomic mass is 35.5. The van der Waals surface area contributed by atoms with Crippen LogP contribution in [0.2, 0.25) is 30.1 Å². The number of ether oxygens (including phenoxy) is 9. The van der Waals surface area contributed by atoms with Crippen molar-refractivity contribution in [2.45, 2.75) is 98.4 Å². The van der Waals surface area contributed by atoms with Gasteiger partial charge in [-0.2, -0.15) is 0 Å². The normalized spacial score (nSPS) is 14.2. The van der Waals surface area contributed by atoms with E-state index >= 15 is 0 Å². The number of nitrogen functional groups attached to an aromatic ring is 3. The van der Waals surface area contributed by atoms with E-state index < -0.39 is 35.3 Å². The van der Waals surface area contributed by atoms with Gasteiger partial charge in [-0.3, -0.25) is 14.4 Å². The van der Waals surface area contributed by atoms with E-state index in [0.29, 0.717) is 154 Å². The molecule has 0 aliphatic carbocycles. The molecule has 0 radical (unpaired) electrons. The maximum Gasteiger partial charge on any atom is 0.410 e. The standard InChI is InChI=1S/C39H44Cl2N4O8.C29H31Cl2FN4O4.C24H24Cl2N4O3/c1-23(34-29(40)12-13-30(35(34)41)51-22-28-31(49-6)19-27(48-5)20-32(28)50-7)52-33-18-26(21-43-36(33)42)24-8-10-25(11-9-24)37(46)44-14-16-45(17-15-44)38(47)53-39(2,3)4;1-17(24-21(30)9-10-22(32)25(24)31)39-23-15-20(16-34-26(23)33)18-5-7-19(8-6-18)27(37)35-11-13-36(14-12-35)28(38)40-29(2,3)4;1-14(21-18(25)6-7-19(31)22(21)26)33-20-12-17(13-29-23(20)27)15-2-4-16(5-3-15)24(32)30-10-8-28-9-11-30/h8-13,18-21,23H,14-17,22H2,1-7H3,(H2,42,43);5-10,15-17H,11-14H2,1-4H3,(H2,33,34);2-7,12-14,28,31H,8-11H2,1H3,(H2,27,29). The molecule has 10 aromatic rings. The number of phenolic OH excluding ortho intramolecular Hbond substituents is 1. The highest BCUT2D eigenvalue weighted by molar-refractivity contribution is 6.38. The molecule has 3 aromatic heterocycles. The Morgan fingerprint density at radius 2 is 0.754 bits per heavy atom. The number of aromatic hydroxyl groups is 1. The van der Waals surface area contributed by atoms with E-state index in [1.807, 2.05) is 95.0 Å². The first-order valence-electron chi connectivity index (χ1n) is 40.2. The number of aromatic nitrogens is 3. The van der Waals surface area contributed by atoms with E-state index in [1.165, 1.54) is 18.2 Å². The Bertz CT molecular complexity index is 5550. The van der Waals surface area contributed by atoms with Crippen LogP contribution in [0.25, 0.3) is 33.4 Å². The van der Waals surface area contributed by atoms with Gasteiger partial charge in [-0.1, -0.05) is 106 Å². The predicted octanol–water partition coefficient (Wildman–Crippen LogP) is 19.2. The number of nitrogens with two attached hydrogens (primary N) is 3. The van der Waals surface area contributed by atoms with E-state index in [2.05, 4.69) is 20.3 Å². The number of piperazine rings is 3. The molecule has 3 aliphatic rings. The number of phenols is 1. The van der Waals surface area contributed by atoms with Crippen LogP contribution in [0.4, 0.5) is 31.4 Å². The monoisotopic (exact) mass is 1840 g/mol. The fourth-order valence-corrected chi connectivity index (χ4v) is 15.9. The number of carbonyl (C=O) groups is 5. The second-order valence-corrected chi connectivity index (χ2v) is 33.9. The summed E-state index contributed by atoms with van der Waals surface area (Å²) in [7, 11) is 4.67. The molecule has 7 aromatic carbocycles. The summed E-state index contributed by atoms with van der Waals surface area (Å²) in [4.78, 5) is 85.2. The van der Waals surface area contributed by atoms with Crippen LogP contribution in [0.1, 0.15) is 134 Å². The molecule has 3 saturated heterocycles. The summed E-state index contributed by atoms with van der Waals surface area (Å²) >= 11 is 38.4. The molecule has 0 spiro atoms. The summed E-state index contributed by atoms with van der Waals surface area (Å²) in [5.74, 6) is 2.62. The molecular weight excluding hydrogens is 1740 g/mol. The lowest BCUT2D eigenvalue weighted by Crippen LogP contribution is -2.51. The average molecular weight is 1840 g/mol. The number of hydrogen-bond acceptors (Lipinski definition) is 22. The number of amides is 5. The highest BCUT2D eigenvalue weighted by Gasteiger charge is 2.33. The lowest BCUT2D eigenvalue weighted by molar-refractivity contribution is 0.0136. The minimum Gasteiger partial charge on any atom is -0.506 e. The molecular formula is C92H99Cl6FN12O15. The molecule has 13 rings (SSSR count). The Balaban J connectivity index is 0.000000189. The molecule has 27 nitrogen and oxygen atoms in total. The van der Waals surface area contributed by atoms with Gasteiger partial charge in [-0.15, -0.1) is 0 Å². The first-order valence-corrected chi connectivity index (χ1v) is 42.5. The molecule has 34 heteroatoms. The van der Waals surface area contributed by atoms with E-state index in [0.717, 1.165) is 40.9 Å². The summed E-state index contributed by atoms with van der Waals surface area (Å²) in [5.41, 5.74) is 25.5. The topological polar surface area (TPSA) is 334 Å². The first-order chi connectivity index (χ1) is 59.9. The van der Waals surface area contributed by atoms with Crippen LogP contribution < -0.4 is 55.7 Å². The van der Waals surface area contributed by atoms with E-state index in [-0.39, 0.29) is 85.6 Å². The van der Waals surface area contributed by atoms with Gasteiger partial charge in [0.1, 0.15) is 70.7 Å². The smallest absolute Gasteiger partial charge is 0.410 e. The molecule has 3 aliphatic heterocycles. The fourth-order valence-electron chi connectivity index (χ4n) is 13.8. The van der Waals surface area contributed by atoms with Gasteiger partial charge in [0.15, 0.2) is 34.7 Å². The van der Waals surface area contributed by atoms with Crippen molar-refractivity contribution in [3.63, 3.8) is 0 Å². The number of nitrogens with zero attached hydrogens (tertiary/aromatic N) is 8. The third kappa shape index (κ3) is 23.9. The molecule has 126 heavy (non-hydrogen) atoms. The molecule has 6 heterocycles. The van der Waals surface area contributed by atoms with Crippen LogP contribution in [0, 0.1) is 5.82 Å². The number of methoxy groups -OCH3 is 3. The molecule has 0 bridgehead atoms. The number of nitrogens with one attached hydrogen (secondary N) is 1. The summed E-state index contributed by atoms with van der Waals surface area (Å²) in [6.45, 7) is 22.6. The number of halogens is 7. The highest BCUT2D eigenvalue weighted by Crippen LogP contribution is 2.45. The van der Waals surface area contributed by atoms with Crippen LogP contribution in [-0.2, 0) is 16.1 Å². The number of pyridine rings is 3. The van der Waals surface area contributed by atoms with Crippen LogP contribution in [-0.4, -0.2) is 186 Å². The van der Waals surface area contributed by atoms with Crippen molar-refractivity contribution >= 4 is 117 Å². The van der Waals surface area contributed by atoms with Crippen molar-refractivity contribution in [1.29, 1.82) is 0 Å². The summed E-state index contributed by atoms with van der Waals surface area (Å²) in [6.07, 6.45) is 2.19. The van der Waals surface area contributed by atoms with Crippen molar-refractivity contribution < 1.29 is 76.1 Å². The Labute approximate surface area is 760 Å². The lowest BCUT2D eigenvalue weighted by atomic mass is 10.0. The number of rotatable bonds is 21. The van der Waals surface area contributed by atoms with E-state index in [9.17, 15) is 33.5 Å². The third-order valence-corrected chi connectivity index (χ3v) is 22.6. The Morgan fingerprint density at radius 3 is 1.11 bits per heavy atom. The zero-order valence-electron chi connectivity index (χ0n) is 71.6. The van der Waals surface area contributed by atoms with Gasteiger partial charge in [-0.05, 0) is 170 Å². The lowest BCUT2D eigenvalue weighted by Gasteiger charge is -2.35. The first kappa shape index (κ1) is 95.0. The Kier molecular flexibility index (Phi) is 31.8. The zero-order chi connectivity index (χ0) is 91.2. The van der Waals surface area contributed by atoms with Crippen molar-refractivity contribution in [3.8, 4) is 79.4 Å². The number of hydrogen-bond donors (Lipinski definition) is 5. The molecule has 5 amide bonds. The zero-order valence-corrected chi connectivity index (χ0v) is 76.1. The van der Waals surface area contributed by atoms with Crippen molar-refractivity contribution in [2.75, 3.05) is 117 Å². The van der Waals surface area contributed by atoms with Gasteiger partial charge in [-0.25, -0.2) is 28.9 Å². The molecule has 8 N–H and O–H groups in total. The van der Waals surface area contributed by atoms with Crippen LogP contribution in [0.15, 0.2) is 158 Å². The predicted molar refractivity (Wildman–Crippen MR) is 487 cm³/mol. The van der Waals surface area contributed by atoms with Crippen molar-refractivity contribution in [3.05, 3.63) is 233 Å². The van der Waals surface area contributed by atoms with Gasteiger partial charge >= 0.3 is 12.2 Å². The minimum atomic E-state index is -0.703. The summed E-state index contributed by atoms with van der Waals surface area (Å²) < 4.78 is 65.8. The number of benzene rings is 7. The second-order valence-electron chi connectivity index (χ2n) is 31.5. The average Bonchev–Trinajstić information content (AvgIpc) is 0.796. The SMILES string of the molecule is CC(Oc1cc(-c2ccc(C(=O)N3CCN(C(=O)OC(C)(C)C)CC3)cc2)cnc1N)c1c(Cl)ccc(F)c1Cl.CC(Oc1cc(-c2ccc(C(=O)N3CCNCC3)cc2)cnc1N)c1c(Cl)ccc(O)c1Cl.COc1cc(OC)c(COc2ccc(Cl)c(C(C)Oc3cc(-c4ccc(C(=O)N5CCN(C(=O)OC(C)(C)C)CC5)cc4)cnc3N)c2Cl)c(OC)c1. The summed E-state index contributed by atoms with van der Waals surface area (Å²) in [5, 5.41) is 14.5. The Morgan fingerprint density at radius 1 is 0.421 bits per heavy atom. The third-order valence-electron chi connectivity index (χ3n) is 20.5. The molecule has 3 fully saturated rings.